The van der Waals surface area contributed by atoms with E-state index in [9.17, 15) is 0 Å². The lowest BCUT2D eigenvalue weighted by molar-refractivity contribution is -0.0721. The van der Waals surface area contributed by atoms with Crippen LogP contribution in [0, 0.1) is 5.92 Å². The first-order valence-corrected chi connectivity index (χ1v) is 11.6. The van der Waals surface area contributed by atoms with Crippen molar-refractivity contribution in [2.45, 2.75) is 77.0 Å². The minimum Gasteiger partial charge on any atom is -0.376 e. The second-order valence-electron chi connectivity index (χ2n) is 9.03. The van der Waals surface area contributed by atoms with E-state index >= 15 is 0 Å². The Morgan fingerprint density at radius 2 is 1.93 bits per heavy atom. The van der Waals surface area contributed by atoms with Crippen LogP contribution in [-0.2, 0) is 9.47 Å². The molecule has 0 spiro atoms. The third-order valence-corrected chi connectivity index (χ3v) is 6.57. The van der Waals surface area contributed by atoms with Crippen LogP contribution in [0.4, 0.5) is 0 Å². The van der Waals surface area contributed by atoms with E-state index in [0.717, 1.165) is 64.0 Å². The molecule has 0 amide bonds. The third-order valence-electron chi connectivity index (χ3n) is 6.57. The van der Waals surface area contributed by atoms with Crippen LogP contribution in [0.3, 0.4) is 0 Å². The summed E-state index contributed by atoms with van der Waals surface area (Å²) in [6.07, 6.45) is 9.14. The first-order chi connectivity index (χ1) is 13.7. The number of hydrogen-bond acceptors (Lipinski definition) is 4. The summed E-state index contributed by atoms with van der Waals surface area (Å²) < 4.78 is 11.9. The fraction of sp³-hybridized carbons (Fsp3) is 0.955. The molecule has 162 valence electrons. The first kappa shape index (κ1) is 21.8. The van der Waals surface area contributed by atoms with E-state index in [2.05, 4.69) is 34.0 Å². The molecule has 0 bridgehead atoms. The number of hydrogen-bond donors (Lipinski definition) is 1. The zero-order chi connectivity index (χ0) is 19.8. The molecule has 3 fully saturated rings. The van der Waals surface area contributed by atoms with Crippen LogP contribution >= 0.6 is 0 Å². The van der Waals surface area contributed by atoms with Gasteiger partial charge in [0, 0.05) is 45.9 Å². The number of ether oxygens (including phenoxy) is 2. The summed E-state index contributed by atoms with van der Waals surface area (Å²) in [5.41, 5.74) is 0. The van der Waals surface area contributed by atoms with Crippen LogP contribution in [0.1, 0.15) is 58.8 Å². The Morgan fingerprint density at radius 3 is 2.61 bits per heavy atom. The molecule has 2 atom stereocenters. The number of piperidine rings is 2. The number of nitrogens with one attached hydrogen (secondary N) is 1. The van der Waals surface area contributed by atoms with Crippen molar-refractivity contribution < 1.29 is 9.47 Å². The van der Waals surface area contributed by atoms with Gasteiger partial charge >= 0.3 is 0 Å². The number of likely N-dealkylation sites (tertiary alicyclic amines) is 2. The van der Waals surface area contributed by atoms with E-state index in [4.69, 9.17) is 9.47 Å². The van der Waals surface area contributed by atoms with Crippen LogP contribution in [0.25, 0.3) is 0 Å². The summed E-state index contributed by atoms with van der Waals surface area (Å²) in [6.45, 7) is 11.8. The molecule has 1 N–H and O–H groups in total. The maximum Gasteiger partial charge on any atom is 0.193 e. The van der Waals surface area contributed by atoms with Crippen LogP contribution in [0.15, 0.2) is 4.99 Å². The number of rotatable bonds is 6. The standard InChI is InChI=1S/C22H42N4O2/c1-18(2)26-11-6-7-19(16-26)15-24-22(23-3)25-12-9-20(10-13-25)28-17-21-8-4-5-14-27-21/h18-21H,4-17H2,1-3H3,(H,23,24). The second-order valence-corrected chi connectivity index (χ2v) is 9.03. The number of guanidine groups is 1. The van der Waals surface area contributed by atoms with Crippen molar-refractivity contribution in [1.29, 1.82) is 0 Å². The van der Waals surface area contributed by atoms with Crippen LogP contribution in [-0.4, -0.2) is 87.0 Å². The minimum atomic E-state index is 0.321. The molecule has 2 unspecified atom stereocenters. The molecule has 3 heterocycles. The lowest BCUT2D eigenvalue weighted by Crippen LogP contribution is -2.50. The van der Waals surface area contributed by atoms with Gasteiger partial charge in [-0.1, -0.05) is 0 Å². The second kappa shape index (κ2) is 11.4. The molecule has 3 aliphatic heterocycles. The van der Waals surface area contributed by atoms with Crippen LogP contribution < -0.4 is 5.32 Å². The normalized spacial score (nSPS) is 28.7. The number of nitrogens with zero attached hydrogens (tertiary/aromatic N) is 3. The van der Waals surface area contributed by atoms with E-state index < -0.39 is 0 Å². The Bertz CT molecular complexity index is 471. The summed E-state index contributed by atoms with van der Waals surface area (Å²) in [5, 5.41) is 3.66. The van der Waals surface area contributed by atoms with Gasteiger partial charge in [0.05, 0.1) is 18.8 Å². The monoisotopic (exact) mass is 394 g/mol. The van der Waals surface area contributed by atoms with Gasteiger partial charge in [0.2, 0.25) is 0 Å². The fourth-order valence-electron chi connectivity index (χ4n) is 4.72. The predicted octanol–water partition coefficient (Wildman–Crippen LogP) is 2.73. The van der Waals surface area contributed by atoms with Crippen LogP contribution in [0.5, 0.6) is 0 Å². The summed E-state index contributed by atoms with van der Waals surface area (Å²) >= 11 is 0. The topological polar surface area (TPSA) is 49.3 Å². The van der Waals surface area contributed by atoms with Crippen LogP contribution in [0.2, 0.25) is 0 Å². The highest BCUT2D eigenvalue weighted by atomic mass is 16.5. The van der Waals surface area contributed by atoms with E-state index in [1.54, 1.807) is 0 Å². The predicted molar refractivity (Wildman–Crippen MR) is 115 cm³/mol. The molecule has 3 rings (SSSR count). The lowest BCUT2D eigenvalue weighted by Gasteiger charge is -2.37. The molecule has 0 aromatic carbocycles. The molecule has 6 nitrogen and oxygen atoms in total. The number of aliphatic imine (C=N–C) groups is 1. The van der Waals surface area contributed by atoms with Gasteiger partial charge < -0.3 is 24.6 Å². The molecular weight excluding hydrogens is 352 g/mol. The van der Waals surface area contributed by atoms with E-state index in [1.807, 2.05) is 7.05 Å². The van der Waals surface area contributed by atoms with Gasteiger partial charge in [0.15, 0.2) is 5.96 Å². The van der Waals surface area contributed by atoms with Crippen molar-refractivity contribution in [1.82, 2.24) is 15.1 Å². The smallest absolute Gasteiger partial charge is 0.193 e. The quantitative estimate of drug-likeness (QED) is 0.554. The Kier molecular flexibility index (Phi) is 8.87. The van der Waals surface area contributed by atoms with Crippen molar-refractivity contribution in [2.75, 3.05) is 53.0 Å². The molecule has 0 aromatic rings. The van der Waals surface area contributed by atoms with E-state index in [-0.39, 0.29) is 0 Å². The Balaban J connectivity index is 1.35. The zero-order valence-corrected chi connectivity index (χ0v) is 18.4. The maximum absolute atomic E-state index is 6.16. The largest absolute Gasteiger partial charge is 0.376 e. The lowest BCUT2D eigenvalue weighted by atomic mass is 9.97. The van der Waals surface area contributed by atoms with Gasteiger partial charge in [-0.3, -0.25) is 4.99 Å². The maximum atomic E-state index is 6.16. The Labute approximate surface area is 172 Å². The van der Waals surface area contributed by atoms with Crippen molar-refractivity contribution in [2.24, 2.45) is 10.9 Å². The summed E-state index contributed by atoms with van der Waals surface area (Å²) in [5.74, 6) is 1.79. The Morgan fingerprint density at radius 1 is 1.11 bits per heavy atom. The third kappa shape index (κ3) is 6.60. The van der Waals surface area contributed by atoms with Gasteiger partial charge in [0.1, 0.15) is 0 Å². The van der Waals surface area contributed by atoms with Crippen molar-refractivity contribution in [3.05, 3.63) is 0 Å². The highest BCUT2D eigenvalue weighted by Gasteiger charge is 2.25. The molecule has 0 aliphatic carbocycles. The zero-order valence-electron chi connectivity index (χ0n) is 18.4. The highest BCUT2D eigenvalue weighted by Crippen LogP contribution is 2.19. The van der Waals surface area contributed by atoms with Gasteiger partial charge in [-0.05, 0) is 71.3 Å². The molecule has 3 aliphatic rings. The van der Waals surface area contributed by atoms with Crippen molar-refractivity contribution >= 4 is 5.96 Å². The molecular formula is C22H42N4O2. The molecule has 28 heavy (non-hydrogen) atoms. The van der Waals surface area contributed by atoms with E-state index in [1.165, 1.54) is 38.8 Å². The van der Waals surface area contributed by atoms with Crippen molar-refractivity contribution in [3.8, 4) is 0 Å². The first-order valence-electron chi connectivity index (χ1n) is 11.6. The minimum absolute atomic E-state index is 0.321. The fourth-order valence-corrected chi connectivity index (χ4v) is 4.72. The summed E-state index contributed by atoms with van der Waals surface area (Å²) in [7, 11) is 1.91. The van der Waals surface area contributed by atoms with Crippen molar-refractivity contribution in [3.63, 3.8) is 0 Å². The van der Waals surface area contributed by atoms with Gasteiger partial charge in [-0.25, -0.2) is 0 Å². The summed E-state index contributed by atoms with van der Waals surface area (Å²) in [4.78, 5) is 9.56. The summed E-state index contributed by atoms with van der Waals surface area (Å²) in [6, 6.07) is 0.653. The molecule has 0 saturated carbocycles. The van der Waals surface area contributed by atoms with Gasteiger partial charge in [-0.2, -0.15) is 0 Å². The molecule has 6 heteroatoms. The average molecular weight is 395 g/mol. The molecule has 0 aromatic heterocycles. The molecule has 0 radical (unpaired) electrons. The van der Waals surface area contributed by atoms with Gasteiger partial charge in [0.25, 0.3) is 0 Å². The Hall–Kier alpha value is -0.850. The average Bonchev–Trinajstić information content (AvgIpc) is 2.74. The molecule has 3 saturated heterocycles. The van der Waals surface area contributed by atoms with Gasteiger partial charge in [-0.15, -0.1) is 0 Å². The SMILES string of the molecule is CN=C(NCC1CCCN(C(C)C)C1)N1CCC(OCC2CCCCO2)CC1. The highest BCUT2D eigenvalue weighted by molar-refractivity contribution is 5.79. The van der Waals surface area contributed by atoms with E-state index in [0.29, 0.717) is 18.2 Å².